The third-order valence-corrected chi connectivity index (χ3v) is 1.11. The Hall–Kier alpha value is -0.0800. The standard InChI is InChI=1S/C7H16O2/c1-3-9-6-4-5-7(2)8/h7-8H,3-6H2,1-2H3/t7-/m0/s1. The van der Waals surface area contributed by atoms with Crippen LogP contribution in [-0.2, 0) is 4.74 Å². The molecule has 0 aliphatic rings. The average molecular weight is 132 g/mol. The van der Waals surface area contributed by atoms with Crippen LogP contribution in [0.4, 0.5) is 0 Å². The van der Waals surface area contributed by atoms with Gasteiger partial charge in [0.2, 0.25) is 0 Å². The van der Waals surface area contributed by atoms with Gasteiger partial charge >= 0.3 is 0 Å². The van der Waals surface area contributed by atoms with Crippen molar-refractivity contribution in [3.05, 3.63) is 0 Å². The average Bonchev–Trinajstić information content (AvgIpc) is 1.80. The number of aliphatic hydroxyl groups is 1. The van der Waals surface area contributed by atoms with E-state index in [1.165, 1.54) is 0 Å². The molecule has 0 aromatic carbocycles. The lowest BCUT2D eigenvalue weighted by Crippen LogP contribution is -2.02. The molecule has 0 aliphatic carbocycles. The van der Waals surface area contributed by atoms with E-state index in [1.54, 1.807) is 6.92 Å². The van der Waals surface area contributed by atoms with E-state index >= 15 is 0 Å². The molecule has 0 unspecified atom stereocenters. The van der Waals surface area contributed by atoms with Crippen molar-refractivity contribution in [2.75, 3.05) is 13.2 Å². The van der Waals surface area contributed by atoms with Gasteiger partial charge in [0.1, 0.15) is 0 Å². The van der Waals surface area contributed by atoms with Crippen LogP contribution in [-0.4, -0.2) is 24.4 Å². The van der Waals surface area contributed by atoms with Crippen molar-refractivity contribution >= 4 is 0 Å². The zero-order chi connectivity index (χ0) is 7.11. The smallest absolute Gasteiger partial charge is 0.0513 e. The molecule has 0 aliphatic heterocycles. The van der Waals surface area contributed by atoms with Gasteiger partial charge < -0.3 is 9.84 Å². The Balaban J connectivity index is 2.75. The Morgan fingerprint density at radius 3 is 2.67 bits per heavy atom. The van der Waals surface area contributed by atoms with E-state index in [-0.39, 0.29) is 6.10 Å². The van der Waals surface area contributed by atoms with Crippen molar-refractivity contribution in [2.45, 2.75) is 32.8 Å². The van der Waals surface area contributed by atoms with Crippen molar-refractivity contribution in [1.29, 1.82) is 0 Å². The number of rotatable bonds is 5. The van der Waals surface area contributed by atoms with Crippen molar-refractivity contribution in [3.63, 3.8) is 0 Å². The van der Waals surface area contributed by atoms with Gasteiger partial charge in [-0.15, -0.1) is 0 Å². The molecule has 0 saturated heterocycles. The van der Waals surface area contributed by atoms with Gasteiger partial charge in [-0.05, 0) is 26.7 Å². The van der Waals surface area contributed by atoms with Crippen LogP contribution in [0.1, 0.15) is 26.7 Å². The molecule has 0 heterocycles. The molecule has 0 aromatic heterocycles. The van der Waals surface area contributed by atoms with E-state index in [0.717, 1.165) is 26.1 Å². The molecule has 0 saturated carbocycles. The number of ether oxygens (including phenoxy) is 1. The second-order valence-electron chi connectivity index (χ2n) is 2.19. The Labute approximate surface area is 56.8 Å². The molecule has 56 valence electrons. The van der Waals surface area contributed by atoms with E-state index in [4.69, 9.17) is 9.84 Å². The van der Waals surface area contributed by atoms with Crippen LogP contribution >= 0.6 is 0 Å². The SMILES string of the molecule is CCOCCC[C@H](C)O. The van der Waals surface area contributed by atoms with Crippen LogP contribution < -0.4 is 0 Å². The predicted molar refractivity (Wildman–Crippen MR) is 37.4 cm³/mol. The summed E-state index contributed by atoms with van der Waals surface area (Å²) >= 11 is 0. The normalized spacial score (nSPS) is 13.7. The van der Waals surface area contributed by atoms with Gasteiger partial charge in [0.15, 0.2) is 0 Å². The fourth-order valence-corrected chi connectivity index (χ4v) is 0.625. The van der Waals surface area contributed by atoms with Gasteiger partial charge in [-0.3, -0.25) is 0 Å². The molecule has 0 fully saturated rings. The minimum absolute atomic E-state index is 0.176. The lowest BCUT2D eigenvalue weighted by atomic mass is 10.2. The zero-order valence-electron chi connectivity index (χ0n) is 6.26. The minimum Gasteiger partial charge on any atom is -0.393 e. The van der Waals surface area contributed by atoms with Gasteiger partial charge in [0.25, 0.3) is 0 Å². The zero-order valence-corrected chi connectivity index (χ0v) is 6.26. The van der Waals surface area contributed by atoms with Crippen LogP contribution in [0, 0.1) is 0 Å². The lowest BCUT2D eigenvalue weighted by molar-refractivity contribution is 0.121. The second-order valence-corrected chi connectivity index (χ2v) is 2.19. The van der Waals surface area contributed by atoms with Crippen LogP contribution in [0.15, 0.2) is 0 Å². The monoisotopic (exact) mass is 132 g/mol. The van der Waals surface area contributed by atoms with Crippen LogP contribution in [0.2, 0.25) is 0 Å². The van der Waals surface area contributed by atoms with Gasteiger partial charge in [0, 0.05) is 13.2 Å². The maximum atomic E-state index is 8.80. The summed E-state index contributed by atoms with van der Waals surface area (Å²) in [5.74, 6) is 0. The van der Waals surface area contributed by atoms with E-state index in [9.17, 15) is 0 Å². The van der Waals surface area contributed by atoms with Gasteiger partial charge in [0.05, 0.1) is 6.10 Å². The van der Waals surface area contributed by atoms with Crippen molar-refractivity contribution in [1.82, 2.24) is 0 Å². The molecule has 2 heteroatoms. The molecule has 1 N–H and O–H groups in total. The highest BCUT2D eigenvalue weighted by atomic mass is 16.5. The van der Waals surface area contributed by atoms with Gasteiger partial charge in [-0.2, -0.15) is 0 Å². The highest BCUT2D eigenvalue weighted by molar-refractivity contribution is 4.45. The quantitative estimate of drug-likeness (QED) is 0.569. The number of hydrogen-bond donors (Lipinski definition) is 1. The molecule has 0 bridgehead atoms. The Morgan fingerprint density at radius 2 is 2.22 bits per heavy atom. The van der Waals surface area contributed by atoms with E-state index < -0.39 is 0 Å². The van der Waals surface area contributed by atoms with Crippen molar-refractivity contribution in [3.8, 4) is 0 Å². The predicted octanol–water partition coefficient (Wildman–Crippen LogP) is 1.18. The first kappa shape index (κ1) is 8.92. The van der Waals surface area contributed by atoms with Crippen molar-refractivity contribution < 1.29 is 9.84 Å². The largest absolute Gasteiger partial charge is 0.393 e. The van der Waals surface area contributed by atoms with Crippen LogP contribution in [0.5, 0.6) is 0 Å². The maximum Gasteiger partial charge on any atom is 0.0513 e. The maximum absolute atomic E-state index is 8.80. The van der Waals surface area contributed by atoms with Gasteiger partial charge in [-0.1, -0.05) is 0 Å². The van der Waals surface area contributed by atoms with Gasteiger partial charge in [-0.25, -0.2) is 0 Å². The van der Waals surface area contributed by atoms with Crippen molar-refractivity contribution in [2.24, 2.45) is 0 Å². The molecule has 1 atom stereocenters. The Kier molecular flexibility index (Phi) is 5.99. The molecular formula is C7H16O2. The summed E-state index contributed by atoms with van der Waals surface area (Å²) in [5, 5.41) is 8.80. The highest BCUT2D eigenvalue weighted by Gasteiger charge is 1.93. The summed E-state index contributed by atoms with van der Waals surface area (Å²) in [4.78, 5) is 0. The first-order chi connectivity index (χ1) is 4.27. The third-order valence-electron chi connectivity index (χ3n) is 1.11. The molecule has 0 rings (SSSR count). The summed E-state index contributed by atoms with van der Waals surface area (Å²) in [6, 6.07) is 0. The number of hydrogen-bond acceptors (Lipinski definition) is 2. The fraction of sp³-hybridized carbons (Fsp3) is 1.00. The minimum atomic E-state index is -0.176. The Morgan fingerprint density at radius 1 is 1.56 bits per heavy atom. The molecule has 0 radical (unpaired) electrons. The fourth-order valence-electron chi connectivity index (χ4n) is 0.625. The molecule has 2 nitrogen and oxygen atoms in total. The highest BCUT2D eigenvalue weighted by Crippen LogP contribution is 1.94. The molecule has 9 heavy (non-hydrogen) atoms. The van der Waals surface area contributed by atoms with E-state index in [1.807, 2.05) is 6.92 Å². The third kappa shape index (κ3) is 7.92. The first-order valence-corrected chi connectivity index (χ1v) is 3.53. The molecule has 0 spiro atoms. The summed E-state index contributed by atoms with van der Waals surface area (Å²) in [6.07, 6.45) is 1.64. The lowest BCUT2D eigenvalue weighted by Gasteiger charge is -2.02. The summed E-state index contributed by atoms with van der Waals surface area (Å²) < 4.78 is 5.07. The first-order valence-electron chi connectivity index (χ1n) is 3.53. The molecular weight excluding hydrogens is 116 g/mol. The number of aliphatic hydroxyl groups excluding tert-OH is 1. The van der Waals surface area contributed by atoms with E-state index in [0.29, 0.717) is 0 Å². The summed E-state index contributed by atoms with van der Waals surface area (Å²) in [7, 11) is 0. The van der Waals surface area contributed by atoms with Crippen LogP contribution in [0.3, 0.4) is 0 Å². The molecule has 0 aromatic rings. The summed E-state index contributed by atoms with van der Waals surface area (Å²) in [6.45, 7) is 5.33. The summed E-state index contributed by atoms with van der Waals surface area (Å²) in [5.41, 5.74) is 0. The Bertz CT molecular complexity index is 52.9. The topological polar surface area (TPSA) is 29.5 Å². The van der Waals surface area contributed by atoms with Crippen LogP contribution in [0.25, 0.3) is 0 Å². The van der Waals surface area contributed by atoms with E-state index in [2.05, 4.69) is 0 Å². The molecule has 0 amide bonds. The second kappa shape index (κ2) is 6.05.